The molecule has 0 bridgehead atoms. The third-order valence-electron chi connectivity index (χ3n) is 4.46. The normalized spacial score (nSPS) is 18.8. The maximum atomic E-state index is 12.4. The van der Waals surface area contributed by atoms with Crippen LogP contribution in [0.15, 0.2) is 52.9 Å². The second-order valence-electron chi connectivity index (χ2n) is 6.53. The molecule has 1 atom stereocenters. The van der Waals surface area contributed by atoms with Gasteiger partial charge in [0.1, 0.15) is 5.52 Å². The average Bonchev–Trinajstić information content (AvgIpc) is 3.16. The Balaban J connectivity index is 1.51. The molecule has 1 aliphatic rings. The Morgan fingerprint density at radius 2 is 2.00 bits per heavy atom. The van der Waals surface area contributed by atoms with Gasteiger partial charge in [-0.05, 0) is 30.2 Å². The van der Waals surface area contributed by atoms with Gasteiger partial charge in [0, 0.05) is 18.0 Å². The van der Waals surface area contributed by atoms with Gasteiger partial charge in [0.05, 0.1) is 11.5 Å². The third kappa shape index (κ3) is 3.62. The molecule has 1 aliphatic heterocycles. The summed E-state index contributed by atoms with van der Waals surface area (Å²) in [6, 6.07) is 14.6. The summed E-state index contributed by atoms with van der Waals surface area (Å²) in [6.45, 7) is 0. The lowest BCUT2D eigenvalue weighted by molar-refractivity contribution is 0.0941. The van der Waals surface area contributed by atoms with Gasteiger partial charge in [-0.1, -0.05) is 30.3 Å². The van der Waals surface area contributed by atoms with Crippen molar-refractivity contribution >= 4 is 26.8 Å². The number of fused-ring (bicyclic) bond motifs is 1. The zero-order valence-electron chi connectivity index (χ0n) is 14.0. The van der Waals surface area contributed by atoms with Crippen LogP contribution in [-0.2, 0) is 16.3 Å². The van der Waals surface area contributed by atoms with Crippen molar-refractivity contribution in [3.63, 3.8) is 0 Å². The van der Waals surface area contributed by atoms with Gasteiger partial charge in [0.15, 0.2) is 21.3 Å². The summed E-state index contributed by atoms with van der Waals surface area (Å²) in [5.41, 5.74) is 2.78. The van der Waals surface area contributed by atoms with Gasteiger partial charge in [-0.25, -0.2) is 13.4 Å². The van der Waals surface area contributed by atoms with Crippen LogP contribution in [0.1, 0.15) is 28.2 Å². The molecule has 134 valence electrons. The largest absolute Gasteiger partial charge is 0.440 e. The molecular weight excluding hydrogens is 352 g/mol. The molecule has 3 aromatic rings. The molecule has 1 aromatic heterocycles. The van der Waals surface area contributed by atoms with Crippen molar-refractivity contribution in [1.82, 2.24) is 10.3 Å². The zero-order chi connectivity index (χ0) is 18.1. The first-order chi connectivity index (χ1) is 12.5. The maximum Gasteiger partial charge on any atom is 0.251 e. The second kappa shape index (κ2) is 6.57. The highest BCUT2D eigenvalue weighted by Crippen LogP contribution is 2.20. The molecule has 1 saturated heterocycles. The molecular formula is C19H18N2O4S. The number of carbonyl (C=O) groups excluding carboxylic acids is 1. The summed E-state index contributed by atoms with van der Waals surface area (Å²) >= 11 is 0. The Bertz CT molecular complexity index is 1060. The van der Waals surface area contributed by atoms with Gasteiger partial charge < -0.3 is 9.73 Å². The van der Waals surface area contributed by atoms with Crippen molar-refractivity contribution in [3.05, 3.63) is 65.5 Å². The number of benzene rings is 2. The third-order valence-corrected chi connectivity index (χ3v) is 6.23. The number of rotatable bonds is 4. The highest BCUT2D eigenvalue weighted by molar-refractivity contribution is 7.91. The number of hydrogen-bond donors (Lipinski definition) is 1. The Kier molecular flexibility index (Phi) is 4.24. The molecule has 0 saturated carbocycles. The van der Waals surface area contributed by atoms with Crippen molar-refractivity contribution < 1.29 is 17.6 Å². The van der Waals surface area contributed by atoms with E-state index >= 15 is 0 Å². The average molecular weight is 370 g/mol. The minimum atomic E-state index is -3.03. The SMILES string of the molecule is O=C(N[C@H]1CCS(=O)(=O)C1)c1ccc2oc(Cc3ccccc3)nc2c1. The summed E-state index contributed by atoms with van der Waals surface area (Å²) in [6.07, 6.45) is 1.04. The van der Waals surface area contributed by atoms with Crippen LogP contribution in [0.2, 0.25) is 0 Å². The Morgan fingerprint density at radius 3 is 2.73 bits per heavy atom. The van der Waals surface area contributed by atoms with E-state index in [-0.39, 0.29) is 23.5 Å². The maximum absolute atomic E-state index is 12.4. The summed E-state index contributed by atoms with van der Waals surface area (Å²) in [7, 11) is -3.03. The van der Waals surface area contributed by atoms with E-state index < -0.39 is 9.84 Å². The molecule has 26 heavy (non-hydrogen) atoms. The minimum absolute atomic E-state index is 0.00612. The van der Waals surface area contributed by atoms with E-state index in [4.69, 9.17) is 4.42 Å². The van der Waals surface area contributed by atoms with E-state index in [1.165, 1.54) is 0 Å². The number of sulfone groups is 1. The van der Waals surface area contributed by atoms with E-state index in [0.717, 1.165) is 5.56 Å². The quantitative estimate of drug-likeness (QED) is 0.761. The molecule has 2 heterocycles. The fraction of sp³-hybridized carbons (Fsp3) is 0.263. The van der Waals surface area contributed by atoms with Gasteiger partial charge >= 0.3 is 0 Å². The summed E-state index contributed by atoms with van der Waals surface area (Å²) in [5, 5.41) is 2.79. The minimum Gasteiger partial charge on any atom is -0.440 e. The number of hydrogen-bond acceptors (Lipinski definition) is 5. The van der Waals surface area contributed by atoms with Crippen LogP contribution in [0.3, 0.4) is 0 Å². The van der Waals surface area contributed by atoms with Crippen LogP contribution in [-0.4, -0.2) is 36.9 Å². The second-order valence-corrected chi connectivity index (χ2v) is 8.75. The van der Waals surface area contributed by atoms with E-state index in [1.807, 2.05) is 30.3 Å². The number of aromatic nitrogens is 1. The summed E-state index contributed by atoms with van der Waals surface area (Å²) in [4.78, 5) is 16.9. The Labute approximate surface area is 151 Å². The van der Waals surface area contributed by atoms with Crippen LogP contribution < -0.4 is 5.32 Å². The lowest BCUT2D eigenvalue weighted by Crippen LogP contribution is -2.35. The fourth-order valence-corrected chi connectivity index (χ4v) is 4.81. The monoisotopic (exact) mass is 370 g/mol. The first-order valence-electron chi connectivity index (χ1n) is 8.43. The summed E-state index contributed by atoms with van der Waals surface area (Å²) < 4.78 is 28.8. The summed E-state index contributed by atoms with van der Waals surface area (Å²) in [5.74, 6) is 0.433. The van der Waals surface area contributed by atoms with Crippen LogP contribution in [0.25, 0.3) is 11.1 Å². The van der Waals surface area contributed by atoms with Crippen molar-refractivity contribution in [1.29, 1.82) is 0 Å². The van der Waals surface area contributed by atoms with Crippen LogP contribution in [0, 0.1) is 0 Å². The first-order valence-corrected chi connectivity index (χ1v) is 10.3. The number of amides is 1. The van der Waals surface area contributed by atoms with E-state index in [0.29, 0.717) is 35.4 Å². The molecule has 1 fully saturated rings. The zero-order valence-corrected chi connectivity index (χ0v) is 14.8. The van der Waals surface area contributed by atoms with E-state index in [9.17, 15) is 13.2 Å². The van der Waals surface area contributed by atoms with Gasteiger partial charge in [-0.2, -0.15) is 0 Å². The van der Waals surface area contributed by atoms with Gasteiger partial charge in [0.2, 0.25) is 0 Å². The number of nitrogens with zero attached hydrogens (tertiary/aromatic N) is 1. The molecule has 4 rings (SSSR count). The molecule has 0 spiro atoms. The highest BCUT2D eigenvalue weighted by Gasteiger charge is 2.29. The topological polar surface area (TPSA) is 89.3 Å². The van der Waals surface area contributed by atoms with Crippen LogP contribution in [0.5, 0.6) is 0 Å². The lowest BCUT2D eigenvalue weighted by Gasteiger charge is -2.10. The van der Waals surface area contributed by atoms with Crippen molar-refractivity contribution in [2.75, 3.05) is 11.5 Å². The van der Waals surface area contributed by atoms with E-state index in [1.54, 1.807) is 18.2 Å². The molecule has 6 nitrogen and oxygen atoms in total. The molecule has 1 amide bonds. The standard InChI is InChI=1S/C19H18N2O4S/c22-19(20-15-8-9-26(23,24)12-15)14-6-7-17-16(11-14)21-18(25-17)10-13-4-2-1-3-5-13/h1-7,11,15H,8-10,12H2,(H,20,22)/t15-/m0/s1. The van der Waals surface area contributed by atoms with Gasteiger partial charge in [-0.15, -0.1) is 0 Å². The number of carbonyl (C=O) groups is 1. The Morgan fingerprint density at radius 1 is 1.19 bits per heavy atom. The number of oxazole rings is 1. The van der Waals surface area contributed by atoms with Gasteiger partial charge in [0.25, 0.3) is 5.91 Å². The fourth-order valence-electron chi connectivity index (χ4n) is 3.14. The number of nitrogens with one attached hydrogen (secondary N) is 1. The van der Waals surface area contributed by atoms with E-state index in [2.05, 4.69) is 10.3 Å². The lowest BCUT2D eigenvalue weighted by atomic mass is 10.1. The highest BCUT2D eigenvalue weighted by atomic mass is 32.2. The molecule has 1 N–H and O–H groups in total. The van der Waals surface area contributed by atoms with Crippen molar-refractivity contribution in [2.24, 2.45) is 0 Å². The van der Waals surface area contributed by atoms with Crippen molar-refractivity contribution in [3.8, 4) is 0 Å². The van der Waals surface area contributed by atoms with Crippen LogP contribution in [0.4, 0.5) is 0 Å². The van der Waals surface area contributed by atoms with Crippen molar-refractivity contribution in [2.45, 2.75) is 18.9 Å². The molecule has 7 heteroatoms. The molecule has 0 unspecified atom stereocenters. The van der Waals surface area contributed by atoms with Crippen LogP contribution >= 0.6 is 0 Å². The van der Waals surface area contributed by atoms with Gasteiger partial charge in [-0.3, -0.25) is 4.79 Å². The predicted molar refractivity (Wildman–Crippen MR) is 97.8 cm³/mol. The smallest absolute Gasteiger partial charge is 0.251 e. The predicted octanol–water partition coefficient (Wildman–Crippen LogP) is 2.34. The molecule has 2 aromatic carbocycles. The Hall–Kier alpha value is -2.67. The molecule has 0 radical (unpaired) electrons. The first kappa shape index (κ1) is 16.8. The molecule has 0 aliphatic carbocycles.